The number of nitrogens with zero attached hydrogens (tertiary/aromatic N) is 2. The summed E-state index contributed by atoms with van der Waals surface area (Å²) in [5, 5.41) is 4.10. The van der Waals surface area contributed by atoms with Gasteiger partial charge < -0.3 is 9.88 Å². The molecule has 0 amide bonds. The van der Waals surface area contributed by atoms with Crippen molar-refractivity contribution >= 4 is 11.6 Å². The number of hydrogen-bond donors (Lipinski definition) is 1. The van der Waals surface area contributed by atoms with Gasteiger partial charge in [0, 0.05) is 25.4 Å². The van der Waals surface area contributed by atoms with E-state index in [9.17, 15) is 0 Å². The zero-order chi connectivity index (χ0) is 13.0. The second kappa shape index (κ2) is 6.03. The van der Waals surface area contributed by atoms with E-state index in [1.165, 1.54) is 5.56 Å². The Labute approximate surface area is 113 Å². The minimum Gasteiger partial charge on any atom is -0.313 e. The van der Waals surface area contributed by atoms with Crippen LogP contribution in [0.1, 0.15) is 25.2 Å². The molecule has 1 aromatic carbocycles. The van der Waals surface area contributed by atoms with Gasteiger partial charge in [0.15, 0.2) is 0 Å². The molecule has 0 bridgehead atoms. The number of nitrogens with one attached hydrogen (secondary N) is 1. The highest BCUT2D eigenvalue weighted by Crippen LogP contribution is 2.25. The first-order valence-electron chi connectivity index (χ1n) is 6.28. The number of rotatable bonds is 5. The largest absolute Gasteiger partial charge is 0.313 e. The molecule has 0 fully saturated rings. The summed E-state index contributed by atoms with van der Waals surface area (Å²) in [7, 11) is 0. The fraction of sp³-hybridized carbons (Fsp3) is 0.357. The van der Waals surface area contributed by atoms with Crippen LogP contribution in [0, 0.1) is 0 Å². The molecule has 0 spiro atoms. The highest BCUT2D eigenvalue weighted by Gasteiger charge is 2.11. The van der Waals surface area contributed by atoms with Crippen LogP contribution in [0.5, 0.6) is 0 Å². The van der Waals surface area contributed by atoms with Crippen LogP contribution in [-0.4, -0.2) is 16.1 Å². The van der Waals surface area contributed by atoms with E-state index in [0.717, 1.165) is 36.0 Å². The van der Waals surface area contributed by atoms with Gasteiger partial charge in [-0.15, -0.1) is 0 Å². The maximum Gasteiger partial charge on any atom is 0.112 e. The third-order valence-electron chi connectivity index (χ3n) is 2.91. The molecule has 96 valence electrons. The molecular formula is C14H18ClN3. The van der Waals surface area contributed by atoms with Crippen LogP contribution in [0.2, 0.25) is 5.02 Å². The van der Waals surface area contributed by atoms with E-state index in [-0.39, 0.29) is 0 Å². The molecule has 2 aromatic rings. The third kappa shape index (κ3) is 2.57. The van der Waals surface area contributed by atoms with Crippen LogP contribution < -0.4 is 5.32 Å². The lowest BCUT2D eigenvalue weighted by Crippen LogP contribution is -2.14. The van der Waals surface area contributed by atoms with E-state index in [1.54, 1.807) is 0 Å². The summed E-state index contributed by atoms with van der Waals surface area (Å²) in [6.45, 7) is 5.95. The molecule has 3 nitrogen and oxygen atoms in total. The van der Waals surface area contributed by atoms with E-state index in [4.69, 9.17) is 11.6 Å². The Morgan fingerprint density at radius 2 is 2.17 bits per heavy atom. The lowest BCUT2D eigenvalue weighted by molar-refractivity contribution is 0.720. The van der Waals surface area contributed by atoms with Crippen molar-refractivity contribution in [3.63, 3.8) is 0 Å². The number of para-hydroxylation sites is 1. The molecule has 1 N–H and O–H groups in total. The quantitative estimate of drug-likeness (QED) is 0.898. The minimum absolute atomic E-state index is 0.762. The van der Waals surface area contributed by atoms with Gasteiger partial charge in [0.05, 0.1) is 10.7 Å². The van der Waals surface area contributed by atoms with Gasteiger partial charge in [0.25, 0.3) is 0 Å². The zero-order valence-corrected chi connectivity index (χ0v) is 11.5. The molecule has 0 unspecified atom stereocenters. The Hall–Kier alpha value is -1.32. The van der Waals surface area contributed by atoms with Crippen molar-refractivity contribution in [3.8, 4) is 5.69 Å². The maximum absolute atomic E-state index is 6.35. The number of benzene rings is 1. The second-order valence-electron chi connectivity index (χ2n) is 4.09. The Morgan fingerprint density at radius 1 is 1.33 bits per heavy atom. The highest BCUT2D eigenvalue weighted by atomic mass is 35.5. The predicted molar refractivity (Wildman–Crippen MR) is 75.3 cm³/mol. The van der Waals surface area contributed by atoms with Gasteiger partial charge in [0.1, 0.15) is 5.82 Å². The number of aromatic nitrogens is 2. The Bertz CT molecular complexity index is 520. The summed E-state index contributed by atoms with van der Waals surface area (Å²) in [6, 6.07) is 6.01. The van der Waals surface area contributed by atoms with Gasteiger partial charge >= 0.3 is 0 Å². The summed E-state index contributed by atoms with van der Waals surface area (Å²) in [5.74, 6) is 1.03. The molecule has 18 heavy (non-hydrogen) atoms. The van der Waals surface area contributed by atoms with Gasteiger partial charge in [0.2, 0.25) is 0 Å². The van der Waals surface area contributed by atoms with Gasteiger partial charge in [-0.05, 0) is 18.2 Å². The van der Waals surface area contributed by atoms with Crippen LogP contribution in [-0.2, 0) is 13.0 Å². The van der Waals surface area contributed by atoms with Gasteiger partial charge in [-0.1, -0.05) is 37.6 Å². The Balaban J connectivity index is 2.48. The number of aryl methyl sites for hydroxylation is 1. The molecule has 1 heterocycles. The van der Waals surface area contributed by atoms with E-state index in [2.05, 4.69) is 34.8 Å². The van der Waals surface area contributed by atoms with Gasteiger partial charge in [-0.2, -0.15) is 0 Å². The van der Waals surface area contributed by atoms with Crippen LogP contribution in [0.15, 0.2) is 30.6 Å². The average Bonchev–Trinajstić information content (AvgIpc) is 2.84. The van der Waals surface area contributed by atoms with Crippen LogP contribution in [0.3, 0.4) is 0 Å². The van der Waals surface area contributed by atoms with E-state index >= 15 is 0 Å². The number of hydrogen-bond acceptors (Lipinski definition) is 2. The lowest BCUT2D eigenvalue weighted by atomic mass is 10.1. The SMILES string of the molecule is CCNCc1cccc(Cl)c1-n1ccnc1CC. The van der Waals surface area contributed by atoms with Crippen molar-refractivity contribution in [1.82, 2.24) is 14.9 Å². The normalized spacial score (nSPS) is 10.8. The smallest absolute Gasteiger partial charge is 0.112 e. The third-order valence-corrected chi connectivity index (χ3v) is 3.22. The molecule has 0 radical (unpaired) electrons. The van der Waals surface area contributed by atoms with Crippen molar-refractivity contribution in [2.75, 3.05) is 6.54 Å². The molecule has 0 atom stereocenters. The molecule has 2 rings (SSSR count). The van der Waals surface area contributed by atoms with E-state index in [0.29, 0.717) is 0 Å². The Morgan fingerprint density at radius 3 is 2.89 bits per heavy atom. The first kappa shape index (κ1) is 13.1. The van der Waals surface area contributed by atoms with Gasteiger partial charge in [-0.3, -0.25) is 0 Å². The molecule has 0 aliphatic heterocycles. The summed E-state index contributed by atoms with van der Waals surface area (Å²) in [6.07, 6.45) is 4.67. The summed E-state index contributed by atoms with van der Waals surface area (Å²) >= 11 is 6.35. The number of imidazole rings is 1. The fourth-order valence-electron chi connectivity index (χ4n) is 2.03. The topological polar surface area (TPSA) is 29.9 Å². The van der Waals surface area contributed by atoms with Crippen molar-refractivity contribution in [2.45, 2.75) is 26.8 Å². The molecule has 0 saturated carbocycles. The van der Waals surface area contributed by atoms with Crippen LogP contribution >= 0.6 is 11.6 Å². The van der Waals surface area contributed by atoms with Crippen LogP contribution in [0.4, 0.5) is 0 Å². The molecule has 0 aliphatic rings. The minimum atomic E-state index is 0.762. The summed E-state index contributed by atoms with van der Waals surface area (Å²) in [5.41, 5.74) is 2.23. The zero-order valence-electron chi connectivity index (χ0n) is 10.8. The maximum atomic E-state index is 6.35. The monoisotopic (exact) mass is 263 g/mol. The summed E-state index contributed by atoms with van der Waals surface area (Å²) < 4.78 is 2.08. The standard InChI is InChI=1S/C14H18ClN3/c1-3-13-17-8-9-18(13)14-11(10-16-4-2)6-5-7-12(14)15/h5-9,16H,3-4,10H2,1-2H3. The average molecular weight is 264 g/mol. The Kier molecular flexibility index (Phi) is 4.39. The van der Waals surface area contributed by atoms with Crippen molar-refractivity contribution in [2.24, 2.45) is 0 Å². The first-order chi connectivity index (χ1) is 8.77. The molecular weight excluding hydrogens is 246 g/mol. The molecule has 0 saturated heterocycles. The van der Waals surface area contributed by atoms with Crippen molar-refractivity contribution in [3.05, 3.63) is 47.0 Å². The summed E-state index contributed by atoms with van der Waals surface area (Å²) in [4.78, 5) is 4.36. The van der Waals surface area contributed by atoms with Crippen LogP contribution in [0.25, 0.3) is 5.69 Å². The van der Waals surface area contributed by atoms with Crippen molar-refractivity contribution in [1.29, 1.82) is 0 Å². The van der Waals surface area contributed by atoms with E-state index in [1.807, 2.05) is 24.5 Å². The molecule has 1 aromatic heterocycles. The first-order valence-corrected chi connectivity index (χ1v) is 6.66. The van der Waals surface area contributed by atoms with Crippen molar-refractivity contribution < 1.29 is 0 Å². The molecule has 4 heteroatoms. The fourth-order valence-corrected chi connectivity index (χ4v) is 2.32. The van der Waals surface area contributed by atoms with E-state index < -0.39 is 0 Å². The second-order valence-corrected chi connectivity index (χ2v) is 4.50. The lowest BCUT2D eigenvalue weighted by Gasteiger charge is -2.14. The highest BCUT2D eigenvalue weighted by molar-refractivity contribution is 6.32. The molecule has 0 aliphatic carbocycles. The predicted octanol–water partition coefficient (Wildman–Crippen LogP) is 3.20. The van der Waals surface area contributed by atoms with Gasteiger partial charge in [-0.25, -0.2) is 4.98 Å². The number of halogens is 1.